The Hall–Kier alpha value is -0.0900. The van der Waals surface area contributed by atoms with Gasteiger partial charge < -0.3 is 5.32 Å². The average Bonchev–Trinajstić information content (AvgIpc) is 2.50. The lowest BCUT2D eigenvalue weighted by Crippen LogP contribution is -2.35. The number of hydrogen-bond donors (Lipinski definition) is 1. The molecule has 0 bridgehead atoms. The van der Waals surface area contributed by atoms with Gasteiger partial charge in [0.25, 0.3) is 0 Å². The summed E-state index contributed by atoms with van der Waals surface area (Å²) >= 11 is 0. The van der Waals surface area contributed by atoms with E-state index in [-0.39, 0.29) is 5.75 Å². The van der Waals surface area contributed by atoms with Crippen molar-refractivity contribution in [3.63, 3.8) is 0 Å². The molecular formula is C13H27NO2S. The maximum absolute atomic E-state index is 11.3. The van der Waals surface area contributed by atoms with E-state index in [9.17, 15) is 8.42 Å². The summed E-state index contributed by atoms with van der Waals surface area (Å²) < 4.78 is 22.7. The zero-order valence-electron chi connectivity index (χ0n) is 11.2. The third-order valence-corrected chi connectivity index (χ3v) is 5.63. The highest BCUT2D eigenvalue weighted by atomic mass is 32.2. The van der Waals surface area contributed by atoms with Crippen molar-refractivity contribution in [1.82, 2.24) is 5.32 Å². The minimum atomic E-state index is -2.78. The van der Waals surface area contributed by atoms with Gasteiger partial charge in [-0.3, -0.25) is 0 Å². The minimum Gasteiger partial charge on any atom is -0.314 e. The second-order valence-electron chi connectivity index (χ2n) is 5.27. The second-order valence-corrected chi connectivity index (χ2v) is 7.74. The van der Waals surface area contributed by atoms with Crippen LogP contribution in [0.25, 0.3) is 0 Å². The molecule has 0 spiro atoms. The fourth-order valence-electron chi connectivity index (χ4n) is 2.52. The van der Waals surface area contributed by atoms with E-state index in [4.69, 9.17) is 0 Å². The van der Waals surface area contributed by atoms with Gasteiger partial charge in [-0.1, -0.05) is 33.1 Å². The maximum atomic E-state index is 11.3. The van der Waals surface area contributed by atoms with Crippen LogP contribution in [0.3, 0.4) is 0 Å². The molecule has 1 rings (SSSR count). The summed E-state index contributed by atoms with van der Waals surface area (Å²) in [4.78, 5) is 0. The quantitative estimate of drug-likeness (QED) is 0.590. The molecule has 0 saturated heterocycles. The van der Waals surface area contributed by atoms with E-state index in [0.29, 0.717) is 11.8 Å². The molecule has 17 heavy (non-hydrogen) atoms. The minimum absolute atomic E-state index is 0.271. The fraction of sp³-hybridized carbons (Fsp3) is 1.00. The van der Waals surface area contributed by atoms with Crippen LogP contribution in [0.1, 0.15) is 52.4 Å². The van der Waals surface area contributed by atoms with Crippen molar-refractivity contribution in [3.05, 3.63) is 0 Å². The molecule has 0 aromatic rings. The standard InChI is InChI=1S/C13H27NO2S/c1-3-17(15,16)11-7-10-14-13-9-6-4-5-8-12(13)2/h12-14H,3-11H2,1-2H3. The molecule has 1 saturated carbocycles. The molecular weight excluding hydrogens is 234 g/mol. The van der Waals surface area contributed by atoms with Crippen molar-refractivity contribution in [2.24, 2.45) is 5.92 Å². The molecule has 1 aliphatic carbocycles. The first-order chi connectivity index (χ1) is 8.05. The van der Waals surface area contributed by atoms with Crippen molar-refractivity contribution in [3.8, 4) is 0 Å². The third-order valence-electron chi connectivity index (χ3n) is 3.84. The van der Waals surface area contributed by atoms with Crippen molar-refractivity contribution in [2.45, 2.75) is 58.4 Å². The van der Waals surface area contributed by atoms with Crippen LogP contribution in [0.2, 0.25) is 0 Å². The van der Waals surface area contributed by atoms with Crippen LogP contribution in [-0.2, 0) is 9.84 Å². The van der Waals surface area contributed by atoms with E-state index in [0.717, 1.165) is 18.9 Å². The molecule has 0 heterocycles. The van der Waals surface area contributed by atoms with E-state index >= 15 is 0 Å². The summed E-state index contributed by atoms with van der Waals surface area (Å²) in [6, 6.07) is 0.599. The van der Waals surface area contributed by atoms with Crippen LogP contribution in [0.4, 0.5) is 0 Å². The average molecular weight is 261 g/mol. The van der Waals surface area contributed by atoms with Crippen molar-refractivity contribution >= 4 is 9.84 Å². The fourth-order valence-corrected chi connectivity index (χ4v) is 3.39. The molecule has 2 atom stereocenters. The molecule has 4 heteroatoms. The molecule has 0 aromatic heterocycles. The SMILES string of the molecule is CCS(=O)(=O)CCCNC1CCCCCC1C. The third kappa shape index (κ3) is 5.87. The highest BCUT2D eigenvalue weighted by Crippen LogP contribution is 2.22. The van der Waals surface area contributed by atoms with Crippen molar-refractivity contribution in [2.75, 3.05) is 18.1 Å². The predicted molar refractivity (Wildman–Crippen MR) is 73.0 cm³/mol. The molecule has 3 nitrogen and oxygen atoms in total. The zero-order chi connectivity index (χ0) is 12.7. The molecule has 0 aliphatic heterocycles. The van der Waals surface area contributed by atoms with Crippen LogP contribution in [0.15, 0.2) is 0 Å². The first kappa shape index (κ1) is 15.0. The Kier molecular flexibility index (Phi) is 6.49. The first-order valence-electron chi connectivity index (χ1n) is 6.99. The summed E-state index contributed by atoms with van der Waals surface area (Å²) in [6.45, 7) is 4.87. The summed E-state index contributed by atoms with van der Waals surface area (Å²) in [5, 5.41) is 3.54. The lowest BCUT2D eigenvalue weighted by Gasteiger charge is -2.22. The Morgan fingerprint density at radius 2 is 1.88 bits per heavy atom. The smallest absolute Gasteiger partial charge is 0.150 e. The molecule has 0 aromatic carbocycles. The van der Waals surface area contributed by atoms with Gasteiger partial charge in [-0.25, -0.2) is 8.42 Å². The summed E-state index contributed by atoms with van der Waals surface area (Å²) in [6.07, 6.45) is 7.33. The molecule has 0 amide bonds. The van der Waals surface area contributed by atoms with Crippen molar-refractivity contribution < 1.29 is 8.42 Å². The number of sulfone groups is 1. The Morgan fingerprint density at radius 1 is 1.18 bits per heavy atom. The zero-order valence-corrected chi connectivity index (χ0v) is 12.1. The lowest BCUT2D eigenvalue weighted by molar-refractivity contribution is 0.358. The van der Waals surface area contributed by atoms with Crippen LogP contribution < -0.4 is 5.32 Å². The highest BCUT2D eigenvalue weighted by molar-refractivity contribution is 7.91. The van der Waals surface area contributed by atoms with Gasteiger partial charge in [0.15, 0.2) is 0 Å². The highest BCUT2D eigenvalue weighted by Gasteiger charge is 2.19. The lowest BCUT2D eigenvalue weighted by atomic mass is 9.97. The van der Waals surface area contributed by atoms with E-state index in [1.807, 2.05) is 0 Å². The molecule has 1 fully saturated rings. The maximum Gasteiger partial charge on any atom is 0.150 e. The van der Waals surface area contributed by atoms with Gasteiger partial charge in [0.1, 0.15) is 9.84 Å². The topological polar surface area (TPSA) is 46.2 Å². The summed E-state index contributed by atoms with van der Waals surface area (Å²) in [5.74, 6) is 1.34. The van der Waals surface area contributed by atoms with Gasteiger partial charge in [0.2, 0.25) is 0 Å². The molecule has 1 aliphatic rings. The van der Waals surface area contributed by atoms with Crippen LogP contribution in [-0.4, -0.2) is 32.5 Å². The van der Waals surface area contributed by atoms with Gasteiger partial charge in [0, 0.05) is 11.8 Å². The van der Waals surface area contributed by atoms with Crippen molar-refractivity contribution in [1.29, 1.82) is 0 Å². The molecule has 2 unspecified atom stereocenters. The summed E-state index contributed by atoms with van der Waals surface area (Å²) in [7, 11) is -2.78. The normalized spacial score (nSPS) is 26.7. The van der Waals surface area contributed by atoms with Gasteiger partial charge in [-0.15, -0.1) is 0 Å². The summed E-state index contributed by atoms with van der Waals surface area (Å²) in [5.41, 5.74) is 0. The number of rotatable bonds is 6. The van der Waals surface area contributed by atoms with Gasteiger partial charge in [0.05, 0.1) is 5.75 Å². The van der Waals surface area contributed by atoms with Crippen LogP contribution in [0.5, 0.6) is 0 Å². The van der Waals surface area contributed by atoms with E-state index < -0.39 is 9.84 Å². The monoisotopic (exact) mass is 261 g/mol. The largest absolute Gasteiger partial charge is 0.314 e. The second kappa shape index (κ2) is 7.37. The predicted octanol–water partition coefficient (Wildman–Crippen LogP) is 2.37. The molecule has 102 valence electrons. The first-order valence-corrected chi connectivity index (χ1v) is 8.81. The van der Waals surface area contributed by atoms with Gasteiger partial charge >= 0.3 is 0 Å². The van der Waals surface area contributed by atoms with E-state index in [2.05, 4.69) is 12.2 Å². The Morgan fingerprint density at radius 3 is 2.59 bits per heavy atom. The van der Waals surface area contributed by atoms with Crippen LogP contribution >= 0.6 is 0 Å². The Balaban J connectivity index is 2.21. The molecule has 0 radical (unpaired) electrons. The molecule has 1 N–H and O–H groups in total. The number of hydrogen-bond acceptors (Lipinski definition) is 3. The van der Waals surface area contributed by atoms with Gasteiger partial charge in [-0.2, -0.15) is 0 Å². The van der Waals surface area contributed by atoms with E-state index in [1.165, 1.54) is 32.1 Å². The Bertz CT molecular complexity index is 301. The van der Waals surface area contributed by atoms with E-state index in [1.54, 1.807) is 6.92 Å². The number of nitrogens with one attached hydrogen (secondary N) is 1. The Labute approximate surface area is 106 Å². The van der Waals surface area contributed by atoms with Gasteiger partial charge in [-0.05, 0) is 31.7 Å². The van der Waals surface area contributed by atoms with Crippen LogP contribution in [0, 0.1) is 5.92 Å².